The number of hydrogen-bond acceptors (Lipinski definition) is 4. The summed E-state index contributed by atoms with van der Waals surface area (Å²) in [6.07, 6.45) is 2.34. The number of methoxy groups -OCH3 is 1. The van der Waals surface area contributed by atoms with E-state index in [-0.39, 0.29) is 35.8 Å². The summed E-state index contributed by atoms with van der Waals surface area (Å²) >= 11 is 0. The minimum atomic E-state index is -0.0823. The zero-order valence-corrected chi connectivity index (χ0v) is 18.3. The number of ether oxygens (including phenoxy) is 1. The summed E-state index contributed by atoms with van der Waals surface area (Å²) in [7, 11) is 1.66. The first-order chi connectivity index (χ1) is 12.7. The minimum absolute atomic E-state index is 0. The summed E-state index contributed by atoms with van der Waals surface area (Å²) in [5.74, 6) is 1.38. The summed E-state index contributed by atoms with van der Waals surface area (Å²) in [5.41, 5.74) is 1.11. The van der Waals surface area contributed by atoms with E-state index in [1.165, 1.54) is 4.90 Å². The van der Waals surface area contributed by atoms with Crippen molar-refractivity contribution in [3.05, 3.63) is 29.8 Å². The molecule has 1 aromatic carbocycles. The van der Waals surface area contributed by atoms with Gasteiger partial charge in [-0.3, -0.25) is 19.5 Å². The Morgan fingerprint density at radius 3 is 2.56 bits per heavy atom. The van der Waals surface area contributed by atoms with Gasteiger partial charge in [-0.25, -0.2) is 0 Å². The quantitative estimate of drug-likeness (QED) is 0.253. The molecule has 2 N–H and O–H groups in total. The first-order valence-corrected chi connectivity index (χ1v) is 9.13. The standard InChI is InChI=1S/C19H28N4O3.HI/c1-3-20-19(21-12-11-15-7-4-5-8-16(15)26-2)22-13-14-23-17(24)9-6-10-18(23)25;/h4-5,7-8H,3,6,9-14H2,1-2H3,(H2,20,21,22);1H. The van der Waals surface area contributed by atoms with Crippen molar-refractivity contribution in [2.24, 2.45) is 4.99 Å². The Morgan fingerprint density at radius 2 is 1.89 bits per heavy atom. The number of para-hydroxylation sites is 1. The predicted molar refractivity (Wildman–Crippen MR) is 117 cm³/mol. The minimum Gasteiger partial charge on any atom is -0.496 e. The van der Waals surface area contributed by atoms with Crippen LogP contribution in [0.25, 0.3) is 0 Å². The maximum atomic E-state index is 11.8. The molecule has 8 heteroatoms. The Hall–Kier alpha value is -1.84. The molecule has 2 amide bonds. The molecule has 27 heavy (non-hydrogen) atoms. The molecule has 1 aromatic rings. The first kappa shape index (κ1) is 23.2. The molecular formula is C19H29IN4O3. The van der Waals surface area contributed by atoms with Crippen LogP contribution in [0, 0.1) is 0 Å². The van der Waals surface area contributed by atoms with Crippen molar-refractivity contribution in [3.63, 3.8) is 0 Å². The van der Waals surface area contributed by atoms with Crippen molar-refractivity contribution < 1.29 is 14.3 Å². The number of rotatable bonds is 8. The monoisotopic (exact) mass is 488 g/mol. The molecule has 0 atom stereocenters. The summed E-state index contributed by atoms with van der Waals surface area (Å²) in [4.78, 5) is 29.5. The highest BCUT2D eigenvalue weighted by Gasteiger charge is 2.25. The van der Waals surface area contributed by atoms with Crippen LogP contribution in [-0.2, 0) is 16.0 Å². The number of nitrogens with zero attached hydrogens (tertiary/aromatic N) is 2. The Labute approximate surface area is 178 Å². The van der Waals surface area contributed by atoms with E-state index in [1.807, 2.05) is 31.2 Å². The number of carbonyl (C=O) groups excluding carboxylic acids is 2. The van der Waals surface area contributed by atoms with Crippen molar-refractivity contribution in [3.8, 4) is 5.75 Å². The highest BCUT2D eigenvalue weighted by Crippen LogP contribution is 2.17. The van der Waals surface area contributed by atoms with Gasteiger partial charge in [-0.05, 0) is 31.4 Å². The Balaban J connectivity index is 0.00000364. The zero-order valence-electron chi connectivity index (χ0n) is 16.0. The maximum absolute atomic E-state index is 11.8. The van der Waals surface area contributed by atoms with Crippen LogP contribution in [0.3, 0.4) is 0 Å². The lowest BCUT2D eigenvalue weighted by molar-refractivity contribution is -0.147. The number of likely N-dealkylation sites (tertiary alicyclic amines) is 1. The Morgan fingerprint density at radius 1 is 1.19 bits per heavy atom. The van der Waals surface area contributed by atoms with Gasteiger partial charge in [-0.15, -0.1) is 24.0 Å². The normalized spacial score (nSPS) is 14.6. The van der Waals surface area contributed by atoms with E-state index in [0.717, 1.165) is 24.3 Å². The number of guanidine groups is 1. The van der Waals surface area contributed by atoms with Crippen LogP contribution in [0.15, 0.2) is 29.3 Å². The zero-order chi connectivity index (χ0) is 18.8. The fourth-order valence-electron chi connectivity index (χ4n) is 2.87. The number of imide groups is 1. The molecule has 0 bridgehead atoms. The lowest BCUT2D eigenvalue weighted by atomic mass is 10.1. The first-order valence-electron chi connectivity index (χ1n) is 9.13. The Bertz CT molecular complexity index is 636. The summed E-state index contributed by atoms with van der Waals surface area (Å²) < 4.78 is 5.35. The lowest BCUT2D eigenvalue weighted by Crippen LogP contribution is -2.46. The molecule has 0 radical (unpaired) electrons. The molecule has 2 rings (SSSR count). The number of carbonyl (C=O) groups is 2. The second-order valence-electron chi connectivity index (χ2n) is 6.04. The molecule has 1 aliphatic rings. The lowest BCUT2D eigenvalue weighted by Gasteiger charge is -2.25. The average molecular weight is 488 g/mol. The molecule has 1 aliphatic heterocycles. The molecule has 0 unspecified atom stereocenters. The number of halogens is 1. The fraction of sp³-hybridized carbons (Fsp3) is 0.526. The van der Waals surface area contributed by atoms with E-state index in [0.29, 0.717) is 44.9 Å². The number of aliphatic imine (C=N–C) groups is 1. The molecule has 0 spiro atoms. The van der Waals surface area contributed by atoms with E-state index < -0.39 is 0 Å². The van der Waals surface area contributed by atoms with Gasteiger partial charge >= 0.3 is 0 Å². The number of benzene rings is 1. The van der Waals surface area contributed by atoms with Crippen LogP contribution in [-0.4, -0.2) is 56.0 Å². The van der Waals surface area contributed by atoms with Gasteiger partial charge in [0.1, 0.15) is 5.75 Å². The topological polar surface area (TPSA) is 83.0 Å². The van der Waals surface area contributed by atoms with Crippen molar-refractivity contribution in [2.45, 2.75) is 32.6 Å². The molecule has 0 aliphatic carbocycles. The van der Waals surface area contributed by atoms with E-state index >= 15 is 0 Å². The molecule has 1 saturated heterocycles. The second kappa shape index (κ2) is 12.5. The van der Waals surface area contributed by atoms with Crippen LogP contribution in [0.4, 0.5) is 0 Å². The molecule has 0 aromatic heterocycles. The van der Waals surface area contributed by atoms with Crippen molar-refractivity contribution in [1.82, 2.24) is 15.5 Å². The third kappa shape index (κ3) is 7.36. The van der Waals surface area contributed by atoms with E-state index in [1.54, 1.807) is 7.11 Å². The number of nitrogens with one attached hydrogen (secondary N) is 2. The van der Waals surface area contributed by atoms with Gasteiger partial charge in [0.05, 0.1) is 7.11 Å². The highest BCUT2D eigenvalue weighted by atomic mass is 127. The van der Waals surface area contributed by atoms with Crippen LogP contribution in [0.1, 0.15) is 31.7 Å². The predicted octanol–water partition coefficient (Wildman–Crippen LogP) is 1.95. The van der Waals surface area contributed by atoms with E-state index in [9.17, 15) is 9.59 Å². The van der Waals surface area contributed by atoms with E-state index in [2.05, 4.69) is 15.6 Å². The van der Waals surface area contributed by atoms with Crippen LogP contribution >= 0.6 is 24.0 Å². The molecule has 1 fully saturated rings. The van der Waals surface area contributed by atoms with Gasteiger partial charge in [0.15, 0.2) is 5.96 Å². The van der Waals surface area contributed by atoms with Crippen molar-refractivity contribution in [1.29, 1.82) is 0 Å². The maximum Gasteiger partial charge on any atom is 0.229 e. The smallest absolute Gasteiger partial charge is 0.229 e. The van der Waals surface area contributed by atoms with Gasteiger partial charge in [0, 0.05) is 39.0 Å². The van der Waals surface area contributed by atoms with E-state index in [4.69, 9.17) is 4.74 Å². The third-order valence-corrected chi connectivity index (χ3v) is 4.20. The molecule has 7 nitrogen and oxygen atoms in total. The Kier molecular flexibility index (Phi) is 10.8. The van der Waals surface area contributed by atoms with Gasteiger partial charge in [0.25, 0.3) is 0 Å². The van der Waals surface area contributed by atoms with Gasteiger partial charge in [-0.1, -0.05) is 18.2 Å². The van der Waals surface area contributed by atoms with Gasteiger partial charge in [-0.2, -0.15) is 0 Å². The summed E-state index contributed by atoms with van der Waals surface area (Å²) in [6.45, 7) is 4.20. The fourth-order valence-corrected chi connectivity index (χ4v) is 2.87. The third-order valence-electron chi connectivity index (χ3n) is 4.20. The highest BCUT2D eigenvalue weighted by molar-refractivity contribution is 14.0. The van der Waals surface area contributed by atoms with Crippen molar-refractivity contribution >= 4 is 41.8 Å². The summed E-state index contributed by atoms with van der Waals surface area (Å²) in [6, 6.07) is 7.90. The number of piperidine rings is 1. The second-order valence-corrected chi connectivity index (χ2v) is 6.04. The largest absolute Gasteiger partial charge is 0.496 e. The molecule has 150 valence electrons. The molecule has 0 saturated carbocycles. The van der Waals surface area contributed by atoms with Crippen molar-refractivity contribution in [2.75, 3.05) is 33.3 Å². The van der Waals surface area contributed by atoms with Gasteiger partial charge < -0.3 is 15.4 Å². The number of hydrogen-bond donors (Lipinski definition) is 2. The molecular weight excluding hydrogens is 459 g/mol. The van der Waals surface area contributed by atoms with Gasteiger partial charge in [0.2, 0.25) is 11.8 Å². The molecule has 1 heterocycles. The van der Waals surface area contributed by atoms with Crippen LogP contribution in [0.5, 0.6) is 5.75 Å². The SMILES string of the molecule is CCNC(=NCCc1ccccc1OC)NCCN1C(=O)CCCC1=O.I. The average Bonchev–Trinajstić information content (AvgIpc) is 2.64. The summed E-state index contributed by atoms with van der Waals surface area (Å²) in [5, 5.41) is 6.36. The van der Waals surface area contributed by atoms with Crippen LogP contribution < -0.4 is 15.4 Å². The number of amides is 2. The van der Waals surface area contributed by atoms with Crippen LogP contribution in [0.2, 0.25) is 0 Å².